The van der Waals surface area contributed by atoms with Gasteiger partial charge in [0.15, 0.2) is 0 Å². The topological polar surface area (TPSA) is 69.7 Å². The zero-order valence-corrected chi connectivity index (χ0v) is 21.4. The molecule has 3 aromatic carbocycles. The number of nitrogens with zero attached hydrogens (tertiary/aromatic N) is 2. The number of hydrogen-bond donors (Lipinski definition) is 1. The molecule has 1 N–H and O–H groups in total. The van der Waals surface area contributed by atoms with Crippen LogP contribution in [-0.2, 0) is 28.7 Å². The number of carbonyl (C=O) groups excluding carboxylic acids is 3. The van der Waals surface area contributed by atoms with Gasteiger partial charge in [-0.15, -0.1) is 0 Å². The third-order valence-corrected chi connectivity index (χ3v) is 7.43. The molecule has 3 aromatic rings. The van der Waals surface area contributed by atoms with E-state index in [4.69, 9.17) is 0 Å². The monoisotopic (exact) mass is 535 g/mol. The van der Waals surface area contributed by atoms with Crippen molar-refractivity contribution >= 4 is 23.4 Å². The quantitative estimate of drug-likeness (QED) is 0.478. The zero-order valence-electron chi connectivity index (χ0n) is 21.4. The summed E-state index contributed by atoms with van der Waals surface area (Å²) in [5.74, 6) is -0.474. The maximum atomic E-state index is 13.2. The third kappa shape index (κ3) is 5.53. The molecule has 1 fully saturated rings. The molecule has 202 valence electrons. The molecule has 0 saturated carbocycles. The molecular formula is C30H28F3N3O3. The van der Waals surface area contributed by atoms with Crippen molar-refractivity contribution in [3.05, 3.63) is 89.0 Å². The Bertz CT molecular complexity index is 1420. The van der Waals surface area contributed by atoms with Gasteiger partial charge in [0.2, 0.25) is 11.8 Å². The second-order valence-electron chi connectivity index (χ2n) is 9.94. The fraction of sp³-hybridized carbons (Fsp3) is 0.300. The van der Waals surface area contributed by atoms with Crippen molar-refractivity contribution in [2.45, 2.75) is 44.9 Å². The number of hydrogen-bond acceptors (Lipinski definition) is 3. The van der Waals surface area contributed by atoms with Gasteiger partial charge in [-0.25, -0.2) is 0 Å². The van der Waals surface area contributed by atoms with Crippen LogP contribution in [0.25, 0.3) is 11.1 Å². The first-order chi connectivity index (χ1) is 18.6. The van der Waals surface area contributed by atoms with E-state index in [-0.39, 0.29) is 17.7 Å². The Morgan fingerprint density at radius 3 is 2.38 bits per heavy atom. The lowest BCUT2D eigenvalue weighted by atomic mass is 9.97. The van der Waals surface area contributed by atoms with Gasteiger partial charge >= 0.3 is 6.18 Å². The fourth-order valence-electron chi connectivity index (χ4n) is 5.40. The summed E-state index contributed by atoms with van der Waals surface area (Å²) in [5, 5.41) is 2.91. The minimum atomic E-state index is -4.43. The van der Waals surface area contributed by atoms with Crippen LogP contribution in [0.15, 0.2) is 66.7 Å². The van der Waals surface area contributed by atoms with E-state index < -0.39 is 17.8 Å². The lowest BCUT2D eigenvalue weighted by Crippen LogP contribution is -2.48. The Hall–Kier alpha value is -4.14. The van der Waals surface area contributed by atoms with Gasteiger partial charge in [-0.3, -0.25) is 14.4 Å². The van der Waals surface area contributed by atoms with Gasteiger partial charge in [0, 0.05) is 37.8 Å². The van der Waals surface area contributed by atoms with E-state index in [0.29, 0.717) is 54.9 Å². The number of fused-ring (bicyclic) bond motifs is 1. The Labute approximate surface area is 224 Å². The van der Waals surface area contributed by atoms with Crippen molar-refractivity contribution in [3.8, 4) is 11.1 Å². The average Bonchev–Trinajstić information content (AvgIpc) is 3.42. The lowest BCUT2D eigenvalue weighted by Gasteiger charge is -2.33. The van der Waals surface area contributed by atoms with E-state index in [1.54, 1.807) is 40.1 Å². The van der Waals surface area contributed by atoms with E-state index in [9.17, 15) is 27.6 Å². The molecular weight excluding hydrogens is 507 g/mol. The smallest absolute Gasteiger partial charge is 0.336 e. The first-order valence-corrected chi connectivity index (χ1v) is 12.9. The van der Waals surface area contributed by atoms with E-state index in [1.807, 2.05) is 12.1 Å². The van der Waals surface area contributed by atoms with E-state index in [1.165, 1.54) is 19.1 Å². The van der Waals surface area contributed by atoms with Crippen molar-refractivity contribution in [1.82, 2.24) is 9.80 Å². The first-order valence-electron chi connectivity index (χ1n) is 12.9. The minimum absolute atomic E-state index is 0.0226. The van der Waals surface area contributed by atoms with Crippen molar-refractivity contribution in [1.29, 1.82) is 0 Å². The predicted octanol–water partition coefficient (Wildman–Crippen LogP) is 5.52. The molecule has 0 aliphatic carbocycles. The summed E-state index contributed by atoms with van der Waals surface area (Å²) in [5.41, 5.74) is 3.25. The van der Waals surface area contributed by atoms with Crippen LogP contribution in [0.2, 0.25) is 0 Å². The summed E-state index contributed by atoms with van der Waals surface area (Å²) in [6.45, 7) is 3.08. The van der Waals surface area contributed by atoms with Crippen LogP contribution in [-0.4, -0.2) is 46.7 Å². The zero-order chi connectivity index (χ0) is 27.7. The highest BCUT2D eigenvalue weighted by atomic mass is 19.4. The molecule has 6 nitrogen and oxygen atoms in total. The van der Waals surface area contributed by atoms with E-state index >= 15 is 0 Å². The van der Waals surface area contributed by atoms with E-state index in [0.717, 1.165) is 29.7 Å². The van der Waals surface area contributed by atoms with Crippen LogP contribution in [0.4, 0.5) is 18.9 Å². The molecule has 1 saturated heterocycles. The molecule has 3 amide bonds. The van der Waals surface area contributed by atoms with Crippen LogP contribution >= 0.6 is 0 Å². The number of amides is 3. The van der Waals surface area contributed by atoms with Gasteiger partial charge in [0.25, 0.3) is 5.91 Å². The van der Waals surface area contributed by atoms with E-state index in [2.05, 4.69) is 5.32 Å². The Balaban J connectivity index is 1.29. The Morgan fingerprint density at radius 1 is 0.923 bits per heavy atom. The highest BCUT2D eigenvalue weighted by Gasteiger charge is 2.36. The number of rotatable bonds is 4. The van der Waals surface area contributed by atoms with Gasteiger partial charge in [0.05, 0.1) is 5.56 Å². The molecule has 9 heteroatoms. The number of benzene rings is 3. The highest BCUT2D eigenvalue weighted by Crippen LogP contribution is 2.32. The SMILES string of the molecule is CC(=O)N1CCCC1C(=O)N1CCc2cc(NC(=O)c3ccccc3-c3ccc(C(F)(F)F)cc3)ccc2C1. The van der Waals surface area contributed by atoms with Crippen molar-refractivity contribution in [2.75, 3.05) is 18.4 Å². The van der Waals surface area contributed by atoms with Crippen molar-refractivity contribution < 1.29 is 27.6 Å². The van der Waals surface area contributed by atoms with Gasteiger partial charge in [-0.1, -0.05) is 36.4 Å². The number of anilines is 1. The molecule has 0 bridgehead atoms. The van der Waals surface area contributed by atoms with Crippen LogP contribution < -0.4 is 5.32 Å². The van der Waals surface area contributed by atoms with Gasteiger partial charge in [-0.05, 0) is 71.8 Å². The summed E-state index contributed by atoms with van der Waals surface area (Å²) in [7, 11) is 0. The lowest BCUT2D eigenvalue weighted by molar-refractivity contribution is -0.143. The fourth-order valence-corrected chi connectivity index (χ4v) is 5.40. The second-order valence-corrected chi connectivity index (χ2v) is 9.94. The standard InChI is InChI=1S/C30H28F3N3O3/c1-19(37)36-15-4-7-27(36)29(39)35-16-14-21-17-24(13-10-22(21)18-35)34-28(38)26-6-3-2-5-25(26)20-8-11-23(12-9-20)30(31,32)33/h2-3,5-6,8-13,17,27H,4,7,14-16,18H2,1H3,(H,34,38). The van der Waals surface area contributed by atoms with Gasteiger partial charge in [-0.2, -0.15) is 13.2 Å². The summed E-state index contributed by atoms with van der Waals surface area (Å²) in [6.07, 6.45) is -2.30. The molecule has 1 unspecified atom stereocenters. The number of carbonyl (C=O) groups is 3. The third-order valence-electron chi connectivity index (χ3n) is 7.43. The second kappa shape index (κ2) is 10.6. The molecule has 1 atom stereocenters. The summed E-state index contributed by atoms with van der Waals surface area (Å²) >= 11 is 0. The Morgan fingerprint density at radius 2 is 1.67 bits per heavy atom. The number of halogens is 3. The maximum Gasteiger partial charge on any atom is 0.416 e. The first kappa shape index (κ1) is 26.5. The highest BCUT2D eigenvalue weighted by molar-refractivity contribution is 6.08. The van der Waals surface area contributed by atoms with Gasteiger partial charge in [0.1, 0.15) is 6.04 Å². The number of nitrogens with one attached hydrogen (secondary N) is 1. The summed E-state index contributed by atoms with van der Waals surface area (Å²) in [6, 6.07) is 16.7. The molecule has 2 aliphatic heterocycles. The normalized spacial score (nSPS) is 17.1. The molecule has 2 heterocycles. The minimum Gasteiger partial charge on any atom is -0.336 e. The maximum absolute atomic E-state index is 13.2. The Kier molecular flexibility index (Phi) is 7.16. The predicted molar refractivity (Wildman–Crippen MR) is 141 cm³/mol. The average molecular weight is 536 g/mol. The van der Waals surface area contributed by atoms with Crippen LogP contribution in [0, 0.1) is 0 Å². The van der Waals surface area contributed by atoms with Crippen molar-refractivity contribution in [3.63, 3.8) is 0 Å². The van der Waals surface area contributed by atoms with Gasteiger partial charge < -0.3 is 15.1 Å². The largest absolute Gasteiger partial charge is 0.416 e. The molecule has 2 aliphatic rings. The summed E-state index contributed by atoms with van der Waals surface area (Å²) in [4.78, 5) is 41.7. The number of alkyl halides is 3. The summed E-state index contributed by atoms with van der Waals surface area (Å²) < 4.78 is 38.9. The molecule has 5 rings (SSSR count). The number of likely N-dealkylation sites (tertiary alicyclic amines) is 1. The molecule has 39 heavy (non-hydrogen) atoms. The van der Waals surface area contributed by atoms with Crippen LogP contribution in [0.5, 0.6) is 0 Å². The molecule has 0 spiro atoms. The van der Waals surface area contributed by atoms with Crippen molar-refractivity contribution in [2.24, 2.45) is 0 Å². The van der Waals surface area contributed by atoms with Crippen LogP contribution in [0.1, 0.15) is 46.8 Å². The molecule has 0 radical (unpaired) electrons. The van der Waals surface area contributed by atoms with Crippen LogP contribution in [0.3, 0.4) is 0 Å². The molecule has 0 aromatic heterocycles.